The molecule has 1 aliphatic rings. The van der Waals surface area contributed by atoms with Gasteiger partial charge >= 0.3 is 0 Å². The fourth-order valence-corrected chi connectivity index (χ4v) is 4.09. The molecule has 2 nitrogen and oxygen atoms in total. The van der Waals surface area contributed by atoms with Crippen molar-refractivity contribution < 1.29 is 4.74 Å². The van der Waals surface area contributed by atoms with Gasteiger partial charge in [-0.2, -0.15) is 0 Å². The van der Waals surface area contributed by atoms with E-state index in [0.29, 0.717) is 0 Å². The minimum Gasteiger partial charge on any atom is -0.481 e. The molecule has 21 heavy (non-hydrogen) atoms. The number of aryl methyl sites for hydroxylation is 1. The molecule has 0 amide bonds. The number of anilines is 1. The minimum atomic E-state index is 0.0507. The van der Waals surface area contributed by atoms with Gasteiger partial charge in [0.05, 0.1) is 12.2 Å². The molecule has 1 atom stereocenters. The number of hydrogen-bond donors (Lipinski definition) is 1. The third-order valence-corrected chi connectivity index (χ3v) is 5.17. The van der Waals surface area contributed by atoms with Crippen molar-refractivity contribution in [2.45, 2.75) is 13.0 Å². The maximum Gasteiger partial charge on any atom is 0.150 e. The zero-order valence-electron chi connectivity index (χ0n) is 11.5. The Labute approximate surface area is 132 Å². The van der Waals surface area contributed by atoms with Crippen molar-refractivity contribution in [3.8, 4) is 5.75 Å². The van der Waals surface area contributed by atoms with Crippen molar-refractivity contribution in [2.24, 2.45) is 0 Å². The summed E-state index contributed by atoms with van der Waals surface area (Å²) in [7, 11) is 0. The summed E-state index contributed by atoms with van der Waals surface area (Å²) in [5.74, 6) is 0.910. The van der Waals surface area contributed by atoms with Crippen molar-refractivity contribution in [1.29, 1.82) is 0 Å². The van der Waals surface area contributed by atoms with Crippen molar-refractivity contribution in [3.63, 3.8) is 0 Å². The molecule has 4 heteroatoms. The smallest absolute Gasteiger partial charge is 0.150 e. The largest absolute Gasteiger partial charge is 0.481 e. The number of ether oxygens (including phenoxy) is 1. The van der Waals surface area contributed by atoms with Crippen LogP contribution in [-0.2, 0) is 0 Å². The highest BCUT2D eigenvalue weighted by Crippen LogP contribution is 2.41. The molecule has 0 saturated heterocycles. The van der Waals surface area contributed by atoms with Gasteiger partial charge in [-0.05, 0) is 42.1 Å². The first-order chi connectivity index (χ1) is 10.2. The number of thiophene rings is 1. The lowest BCUT2D eigenvalue weighted by Gasteiger charge is -2.28. The lowest BCUT2D eigenvalue weighted by Crippen LogP contribution is -2.23. The van der Waals surface area contributed by atoms with Crippen molar-refractivity contribution in [1.82, 2.24) is 0 Å². The topological polar surface area (TPSA) is 21.3 Å². The second kappa shape index (κ2) is 4.93. The summed E-state index contributed by atoms with van der Waals surface area (Å²) in [5, 5.41) is 5.45. The summed E-state index contributed by atoms with van der Waals surface area (Å²) in [6.45, 7) is 2.79. The van der Waals surface area contributed by atoms with Gasteiger partial charge in [0.1, 0.15) is 5.75 Å². The first-order valence-corrected chi connectivity index (χ1v) is 8.09. The van der Waals surface area contributed by atoms with E-state index < -0.39 is 0 Å². The van der Waals surface area contributed by atoms with E-state index >= 15 is 0 Å². The molecule has 2 heterocycles. The molecular weight excluding hydrogens is 302 g/mol. The number of nitrogens with one attached hydrogen (secondary N) is 1. The Balaban J connectivity index is 1.71. The molecule has 1 N–H and O–H groups in total. The molecule has 1 aliphatic heterocycles. The minimum absolute atomic E-state index is 0.0507. The van der Waals surface area contributed by atoms with Crippen LogP contribution in [0, 0.1) is 6.92 Å². The van der Waals surface area contributed by atoms with Gasteiger partial charge in [0.15, 0.2) is 6.10 Å². The van der Waals surface area contributed by atoms with Crippen LogP contribution in [0.3, 0.4) is 0 Å². The Hall–Kier alpha value is -1.71. The zero-order chi connectivity index (χ0) is 14.4. The van der Waals surface area contributed by atoms with Gasteiger partial charge in [0.2, 0.25) is 0 Å². The van der Waals surface area contributed by atoms with E-state index in [4.69, 9.17) is 16.3 Å². The van der Waals surface area contributed by atoms with Gasteiger partial charge < -0.3 is 10.1 Å². The predicted octanol–water partition coefficient (Wildman–Crippen LogP) is 5.41. The summed E-state index contributed by atoms with van der Waals surface area (Å²) in [5.41, 5.74) is 2.05. The highest BCUT2D eigenvalue weighted by Gasteiger charge is 2.24. The Morgan fingerprint density at radius 2 is 2.10 bits per heavy atom. The van der Waals surface area contributed by atoms with Crippen LogP contribution < -0.4 is 10.1 Å². The third kappa shape index (κ3) is 2.27. The first kappa shape index (κ1) is 13.0. The summed E-state index contributed by atoms with van der Waals surface area (Å²) < 4.78 is 7.52. The Morgan fingerprint density at radius 3 is 2.95 bits per heavy atom. The van der Waals surface area contributed by atoms with Crippen molar-refractivity contribution >= 4 is 38.7 Å². The molecule has 0 saturated carbocycles. The van der Waals surface area contributed by atoms with Gasteiger partial charge in [-0.15, -0.1) is 11.3 Å². The first-order valence-electron chi connectivity index (χ1n) is 6.90. The number of rotatable bonds is 1. The zero-order valence-corrected chi connectivity index (χ0v) is 13.1. The fourth-order valence-electron chi connectivity index (χ4n) is 2.72. The normalized spacial score (nSPS) is 17.1. The molecular formula is C17H14ClNOS. The van der Waals surface area contributed by atoms with E-state index in [1.54, 1.807) is 11.3 Å². The van der Waals surface area contributed by atoms with Crippen LogP contribution in [-0.4, -0.2) is 6.54 Å². The van der Waals surface area contributed by atoms with Crippen LogP contribution in [0.2, 0.25) is 5.02 Å². The molecule has 1 aromatic heterocycles. The quantitative estimate of drug-likeness (QED) is 0.648. The van der Waals surface area contributed by atoms with Crippen LogP contribution in [0.5, 0.6) is 5.75 Å². The van der Waals surface area contributed by atoms with E-state index in [9.17, 15) is 0 Å². The predicted molar refractivity (Wildman–Crippen MR) is 89.9 cm³/mol. The van der Waals surface area contributed by atoms with E-state index in [-0.39, 0.29) is 6.10 Å². The molecule has 0 aliphatic carbocycles. The van der Waals surface area contributed by atoms with Gasteiger partial charge in [-0.25, -0.2) is 0 Å². The highest BCUT2D eigenvalue weighted by molar-refractivity contribution is 7.19. The third-order valence-electron chi connectivity index (χ3n) is 3.74. The van der Waals surface area contributed by atoms with Gasteiger partial charge in [-0.1, -0.05) is 29.8 Å². The van der Waals surface area contributed by atoms with Gasteiger partial charge in [0, 0.05) is 14.6 Å². The molecule has 106 valence electrons. The summed E-state index contributed by atoms with van der Waals surface area (Å²) >= 11 is 7.89. The molecule has 0 spiro atoms. The van der Waals surface area contributed by atoms with E-state index in [0.717, 1.165) is 28.6 Å². The van der Waals surface area contributed by atoms with Crippen LogP contribution in [0.25, 0.3) is 10.1 Å². The Bertz CT molecular complexity index is 794. The molecule has 3 aromatic rings. The number of benzene rings is 2. The van der Waals surface area contributed by atoms with Crippen LogP contribution in [0.1, 0.15) is 16.5 Å². The fraction of sp³-hybridized carbons (Fsp3) is 0.176. The summed E-state index contributed by atoms with van der Waals surface area (Å²) in [6, 6.07) is 14.5. The molecule has 4 rings (SSSR count). The molecule has 0 radical (unpaired) electrons. The maximum atomic E-state index is 6.22. The van der Waals surface area contributed by atoms with Crippen LogP contribution in [0.15, 0.2) is 42.5 Å². The molecule has 0 bridgehead atoms. The van der Waals surface area contributed by atoms with E-state index in [1.165, 1.54) is 15.0 Å². The Kier molecular flexibility index (Phi) is 3.05. The van der Waals surface area contributed by atoms with Crippen molar-refractivity contribution in [3.05, 3.63) is 57.9 Å². The second-order valence-electron chi connectivity index (χ2n) is 5.27. The summed E-state index contributed by atoms with van der Waals surface area (Å²) in [6.07, 6.45) is 0.0507. The maximum absolute atomic E-state index is 6.22. The number of halogens is 1. The standard InChI is InChI=1S/C17H14ClNOS/c1-10-6-12(18)8-13-17(10)20-14(9-19-13)16-7-11-4-2-3-5-15(11)21-16/h2-8,14,19H,9H2,1H3. The summed E-state index contributed by atoms with van der Waals surface area (Å²) in [4.78, 5) is 1.25. The average Bonchev–Trinajstić information content (AvgIpc) is 2.90. The monoisotopic (exact) mass is 315 g/mol. The van der Waals surface area contributed by atoms with Crippen LogP contribution >= 0.6 is 22.9 Å². The van der Waals surface area contributed by atoms with Crippen LogP contribution in [0.4, 0.5) is 5.69 Å². The SMILES string of the molecule is Cc1cc(Cl)cc2c1OC(c1cc3ccccc3s1)CN2. The Morgan fingerprint density at radius 1 is 1.24 bits per heavy atom. The molecule has 0 fully saturated rings. The lowest BCUT2D eigenvalue weighted by molar-refractivity contribution is 0.213. The molecule has 2 aromatic carbocycles. The van der Waals surface area contributed by atoms with Gasteiger partial charge in [0.25, 0.3) is 0 Å². The van der Waals surface area contributed by atoms with Gasteiger partial charge in [-0.3, -0.25) is 0 Å². The van der Waals surface area contributed by atoms with E-state index in [1.807, 2.05) is 19.1 Å². The average molecular weight is 316 g/mol. The number of fused-ring (bicyclic) bond motifs is 2. The highest BCUT2D eigenvalue weighted by atomic mass is 35.5. The lowest BCUT2D eigenvalue weighted by atomic mass is 10.1. The second-order valence-corrected chi connectivity index (χ2v) is 6.83. The number of hydrogen-bond acceptors (Lipinski definition) is 3. The molecule has 1 unspecified atom stereocenters. The van der Waals surface area contributed by atoms with Crippen molar-refractivity contribution in [2.75, 3.05) is 11.9 Å². The van der Waals surface area contributed by atoms with E-state index in [2.05, 4.69) is 35.6 Å².